The molecule has 0 saturated carbocycles. The number of aryl methyl sites for hydroxylation is 1. The average molecular weight is 372 g/mol. The number of hydrogen-bond acceptors (Lipinski definition) is 4. The number of carbonyl (C=O) groups excluding carboxylic acids is 1. The van der Waals surface area contributed by atoms with Gasteiger partial charge in [-0.05, 0) is 49.9 Å². The molecule has 0 aliphatic carbocycles. The summed E-state index contributed by atoms with van der Waals surface area (Å²) in [4.78, 5) is 19.2. The van der Waals surface area contributed by atoms with Gasteiger partial charge in [0.1, 0.15) is 5.69 Å². The molecule has 1 atom stereocenters. The van der Waals surface area contributed by atoms with Crippen molar-refractivity contribution in [1.29, 1.82) is 0 Å². The van der Waals surface area contributed by atoms with Gasteiger partial charge in [-0.1, -0.05) is 6.92 Å². The van der Waals surface area contributed by atoms with Gasteiger partial charge < -0.3 is 14.6 Å². The predicted octanol–water partition coefficient (Wildman–Crippen LogP) is 3.06. The summed E-state index contributed by atoms with van der Waals surface area (Å²) < 4.78 is 5.46. The average Bonchev–Trinajstić information content (AvgIpc) is 2.98. The van der Waals surface area contributed by atoms with Gasteiger partial charge in [-0.25, -0.2) is 4.98 Å². The maximum atomic E-state index is 12.5. The lowest BCUT2D eigenvalue weighted by molar-refractivity contribution is 0.0618. The first-order valence-electron chi connectivity index (χ1n) is 8.14. The first-order valence-corrected chi connectivity index (χ1v) is 8.14. The second kappa shape index (κ2) is 7.72. The lowest BCUT2D eigenvalue weighted by Crippen LogP contribution is -2.57. The van der Waals surface area contributed by atoms with Crippen molar-refractivity contribution in [1.82, 2.24) is 15.2 Å². The number of fused-ring (bicyclic) bond motifs is 4. The van der Waals surface area contributed by atoms with Gasteiger partial charge in [0.2, 0.25) is 0 Å². The number of hydrogen-bond donors (Lipinski definition) is 1. The van der Waals surface area contributed by atoms with E-state index in [4.69, 9.17) is 4.42 Å². The van der Waals surface area contributed by atoms with Crippen molar-refractivity contribution in [2.45, 2.75) is 32.2 Å². The molecule has 5 rings (SSSR count). The molecule has 1 N–H and O–H groups in total. The van der Waals surface area contributed by atoms with Crippen molar-refractivity contribution in [2.75, 3.05) is 19.6 Å². The van der Waals surface area contributed by atoms with Gasteiger partial charge in [0.15, 0.2) is 5.58 Å². The second-order valence-electron chi connectivity index (χ2n) is 6.40. The molecule has 1 amide bonds. The van der Waals surface area contributed by atoms with Crippen LogP contribution in [0.4, 0.5) is 0 Å². The van der Waals surface area contributed by atoms with Crippen LogP contribution in [0.3, 0.4) is 0 Å². The summed E-state index contributed by atoms with van der Waals surface area (Å²) in [5.41, 5.74) is 2.35. The van der Waals surface area contributed by atoms with Crippen LogP contribution in [0.5, 0.6) is 0 Å². The summed E-state index contributed by atoms with van der Waals surface area (Å²) in [6.07, 6.45) is 6.68. The number of furan rings is 1. The normalized spacial score (nSPS) is 25.0. The number of pyridine rings is 1. The molecule has 7 heteroatoms. The van der Waals surface area contributed by atoms with Crippen molar-refractivity contribution in [3.63, 3.8) is 0 Å². The fourth-order valence-corrected chi connectivity index (χ4v) is 3.75. The summed E-state index contributed by atoms with van der Waals surface area (Å²) in [7, 11) is 0. The molecule has 5 heterocycles. The van der Waals surface area contributed by atoms with E-state index in [1.54, 1.807) is 12.5 Å². The number of aromatic nitrogens is 1. The fraction of sp³-hybridized carbons (Fsp3) is 0.529. The third-order valence-corrected chi connectivity index (χ3v) is 5.13. The van der Waals surface area contributed by atoms with E-state index in [2.05, 4.69) is 22.1 Å². The van der Waals surface area contributed by atoms with Crippen LogP contribution in [0.2, 0.25) is 0 Å². The fourth-order valence-electron chi connectivity index (χ4n) is 3.75. The highest BCUT2D eigenvalue weighted by molar-refractivity contribution is 5.96. The van der Waals surface area contributed by atoms with Gasteiger partial charge in [0.05, 0.1) is 12.5 Å². The van der Waals surface area contributed by atoms with E-state index in [1.807, 2.05) is 6.07 Å². The summed E-state index contributed by atoms with van der Waals surface area (Å²) in [5.74, 6) is 0.557. The molecule has 5 nitrogen and oxygen atoms in total. The zero-order chi connectivity index (χ0) is 15.1. The molecule has 24 heavy (non-hydrogen) atoms. The highest BCUT2D eigenvalue weighted by Crippen LogP contribution is 2.28. The van der Waals surface area contributed by atoms with Crippen LogP contribution in [0.25, 0.3) is 11.0 Å². The number of halogens is 2. The van der Waals surface area contributed by atoms with Gasteiger partial charge in [-0.2, -0.15) is 0 Å². The van der Waals surface area contributed by atoms with E-state index in [-0.39, 0.29) is 36.8 Å². The SMILES string of the molecule is CCc1coc2cnc(C(=O)N[C@H]3CN4CCC3CC4)cc12.Cl.Cl. The van der Waals surface area contributed by atoms with Gasteiger partial charge in [-0.3, -0.25) is 4.79 Å². The Kier molecular flexibility index (Phi) is 6.12. The third kappa shape index (κ3) is 3.39. The molecule has 3 fully saturated rings. The summed E-state index contributed by atoms with van der Waals surface area (Å²) in [6.45, 7) is 5.41. The maximum absolute atomic E-state index is 12.5. The van der Waals surface area contributed by atoms with E-state index >= 15 is 0 Å². The minimum Gasteiger partial charge on any atom is -0.462 e. The summed E-state index contributed by atoms with van der Waals surface area (Å²) in [5, 5.41) is 4.18. The second-order valence-corrected chi connectivity index (χ2v) is 6.40. The maximum Gasteiger partial charge on any atom is 0.270 e. The molecular weight excluding hydrogens is 349 g/mol. The van der Waals surface area contributed by atoms with E-state index in [0.29, 0.717) is 11.6 Å². The monoisotopic (exact) mass is 371 g/mol. The number of rotatable bonds is 3. The van der Waals surface area contributed by atoms with Gasteiger partial charge in [0.25, 0.3) is 5.91 Å². The number of carbonyl (C=O) groups is 1. The Hall–Kier alpha value is -1.30. The number of nitrogens with one attached hydrogen (secondary N) is 1. The van der Waals surface area contributed by atoms with Crippen LogP contribution in [0, 0.1) is 5.92 Å². The Bertz CT molecular complexity index is 711. The Morgan fingerprint density at radius 3 is 2.75 bits per heavy atom. The van der Waals surface area contributed by atoms with Crippen LogP contribution < -0.4 is 5.32 Å². The smallest absolute Gasteiger partial charge is 0.270 e. The van der Waals surface area contributed by atoms with E-state index in [1.165, 1.54) is 25.9 Å². The first-order chi connectivity index (χ1) is 10.7. The molecule has 3 aliphatic heterocycles. The largest absolute Gasteiger partial charge is 0.462 e. The first kappa shape index (κ1) is 19.0. The van der Waals surface area contributed by atoms with Gasteiger partial charge in [0, 0.05) is 18.0 Å². The third-order valence-electron chi connectivity index (χ3n) is 5.13. The topological polar surface area (TPSA) is 58.4 Å². The Labute approximate surface area is 154 Å². The summed E-state index contributed by atoms with van der Waals surface area (Å²) in [6, 6.07) is 2.12. The highest BCUT2D eigenvalue weighted by atomic mass is 35.5. The number of nitrogens with zero attached hydrogens (tertiary/aromatic N) is 2. The van der Waals surface area contributed by atoms with Gasteiger partial charge >= 0.3 is 0 Å². The van der Waals surface area contributed by atoms with E-state index < -0.39 is 0 Å². The molecular formula is C17H23Cl2N3O2. The minimum atomic E-state index is -0.0658. The Morgan fingerprint density at radius 1 is 1.38 bits per heavy atom. The summed E-state index contributed by atoms with van der Waals surface area (Å²) >= 11 is 0. The molecule has 2 bridgehead atoms. The molecule has 132 valence electrons. The van der Waals surface area contributed by atoms with E-state index in [9.17, 15) is 4.79 Å². The van der Waals surface area contributed by atoms with Crippen molar-refractivity contribution in [3.05, 3.63) is 29.8 Å². The zero-order valence-electron chi connectivity index (χ0n) is 13.7. The Morgan fingerprint density at radius 2 is 2.12 bits per heavy atom. The van der Waals surface area contributed by atoms with Crippen molar-refractivity contribution >= 4 is 41.7 Å². The molecule has 2 aromatic heterocycles. The molecule has 3 saturated heterocycles. The molecule has 0 aromatic carbocycles. The zero-order valence-corrected chi connectivity index (χ0v) is 15.3. The van der Waals surface area contributed by atoms with Crippen LogP contribution >= 0.6 is 24.8 Å². The van der Waals surface area contributed by atoms with Crippen molar-refractivity contribution in [2.24, 2.45) is 5.92 Å². The van der Waals surface area contributed by atoms with E-state index in [0.717, 1.165) is 29.5 Å². The van der Waals surface area contributed by atoms with Crippen LogP contribution in [0.1, 0.15) is 35.8 Å². The number of piperidine rings is 3. The van der Waals surface area contributed by atoms with Gasteiger partial charge in [-0.15, -0.1) is 24.8 Å². The number of amides is 1. The van der Waals surface area contributed by atoms with Crippen molar-refractivity contribution in [3.8, 4) is 0 Å². The van der Waals surface area contributed by atoms with Crippen LogP contribution in [-0.4, -0.2) is 41.5 Å². The molecule has 3 aliphatic rings. The van der Waals surface area contributed by atoms with Crippen LogP contribution in [0.15, 0.2) is 22.9 Å². The Balaban J connectivity index is 0.00000104. The highest BCUT2D eigenvalue weighted by Gasteiger charge is 2.35. The lowest BCUT2D eigenvalue weighted by Gasteiger charge is -2.44. The quantitative estimate of drug-likeness (QED) is 0.900. The molecule has 0 radical (unpaired) electrons. The van der Waals surface area contributed by atoms with Crippen molar-refractivity contribution < 1.29 is 9.21 Å². The van der Waals surface area contributed by atoms with Crippen LogP contribution in [-0.2, 0) is 6.42 Å². The lowest BCUT2D eigenvalue weighted by atomic mass is 9.84. The minimum absolute atomic E-state index is 0. The predicted molar refractivity (Wildman–Crippen MR) is 98.3 cm³/mol. The molecule has 0 unspecified atom stereocenters. The molecule has 0 spiro atoms. The molecule has 2 aromatic rings. The standard InChI is InChI=1S/C17H21N3O2.2ClH/c1-2-11-10-22-16-8-18-14(7-13(11)16)17(21)19-15-9-20-5-3-12(15)4-6-20;;/h7-8,10,12,15H,2-6,9H2,1H3,(H,19,21);2*1H/t15-;;/m0../s1.